The van der Waals surface area contributed by atoms with Crippen molar-refractivity contribution in [3.63, 3.8) is 0 Å². The molecule has 2 rings (SSSR count). The van der Waals surface area contributed by atoms with E-state index in [9.17, 15) is 5.11 Å². The Kier molecular flexibility index (Phi) is 5.31. The van der Waals surface area contributed by atoms with Gasteiger partial charge in [0.1, 0.15) is 0 Å². The van der Waals surface area contributed by atoms with Gasteiger partial charge in [0.05, 0.1) is 12.7 Å². The molecule has 112 valence electrons. The van der Waals surface area contributed by atoms with Crippen molar-refractivity contribution in [2.75, 3.05) is 23.9 Å². The molecule has 1 heterocycles. The Balaban J connectivity index is 1.98. The number of ether oxygens (including phenoxy) is 1. The summed E-state index contributed by atoms with van der Waals surface area (Å²) >= 11 is 0. The molecule has 0 radical (unpaired) electrons. The van der Waals surface area contributed by atoms with Gasteiger partial charge in [0.15, 0.2) is 0 Å². The van der Waals surface area contributed by atoms with Crippen molar-refractivity contribution in [3.05, 3.63) is 0 Å². The highest BCUT2D eigenvalue weighted by Crippen LogP contribution is 2.25. The van der Waals surface area contributed by atoms with E-state index in [1.807, 2.05) is 6.92 Å². The maximum Gasteiger partial charge on any atom is 0.323 e. The SMILES string of the molecule is CCCOc1nc(NN)nc(NCC2CCCC2O)n1. The minimum absolute atomic E-state index is 0.237. The number of aromatic nitrogens is 3. The van der Waals surface area contributed by atoms with Gasteiger partial charge >= 0.3 is 6.01 Å². The van der Waals surface area contributed by atoms with Crippen LogP contribution in [0.2, 0.25) is 0 Å². The third kappa shape index (κ3) is 3.91. The number of hydrogen-bond donors (Lipinski definition) is 4. The van der Waals surface area contributed by atoms with E-state index in [4.69, 9.17) is 10.6 Å². The first-order valence-electron chi connectivity index (χ1n) is 7.00. The molecule has 0 amide bonds. The molecule has 8 nitrogen and oxygen atoms in total. The van der Waals surface area contributed by atoms with Crippen LogP contribution in [0.15, 0.2) is 0 Å². The van der Waals surface area contributed by atoms with E-state index in [-0.39, 0.29) is 24.0 Å². The zero-order valence-corrected chi connectivity index (χ0v) is 11.7. The Bertz CT molecular complexity index is 430. The van der Waals surface area contributed by atoms with Crippen LogP contribution in [0.4, 0.5) is 11.9 Å². The summed E-state index contributed by atoms with van der Waals surface area (Å²) in [6.07, 6.45) is 3.57. The third-order valence-corrected chi connectivity index (χ3v) is 3.32. The maximum atomic E-state index is 9.79. The minimum Gasteiger partial charge on any atom is -0.463 e. The lowest BCUT2D eigenvalue weighted by Gasteiger charge is -2.15. The van der Waals surface area contributed by atoms with Crippen LogP contribution in [0.3, 0.4) is 0 Å². The number of hydrazine groups is 1. The van der Waals surface area contributed by atoms with Crippen LogP contribution in [0.5, 0.6) is 6.01 Å². The summed E-state index contributed by atoms with van der Waals surface area (Å²) in [4.78, 5) is 12.3. The molecule has 5 N–H and O–H groups in total. The quantitative estimate of drug-likeness (QED) is 0.422. The second-order valence-corrected chi connectivity index (χ2v) is 4.90. The molecule has 0 spiro atoms. The first-order chi connectivity index (χ1) is 9.72. The van der Waals surface area contributed by atoms with Crippen LogP contribution in [0, 0.1) is 5.92 Å². The Morgan fingerprint density at radius 2 is 2.10 bits per heavy atom. The second-order valence-electron chi connectivity index (χ2n) is 4.90. The van der Waals surface area contributed by atoms with Gasteiger partial charge in [-0.25, -0.2) is 5.84 Å². The first kappa shape index (κ1) is 14.7. The highest BCUT2D eigenvalue weighted by Gasteiger charge is 2.25. The Labute approximate surface area is 118 Å². The van der Waals surface area contributed by atoms with E-state index < -0.39 is 0 Å². The molecule has 1 aliphatic carbocycles. The zero-order valence-electron chi connectivity index (χ0n) is 11.7. The molecule has 1 aliphatic rings. The number of nitrogen functional groups attached to an aromatic ring is 1. The molecular weight excluding hydrogens is 260 g/mol. The van der Waals surface area contributed by atoms with Crippen molar-refractivity contribution < 1.29 is 9.84 Å². The largest absolute Gasteiger partial charge is 0.463 e. The van der Waals surface area contributed by atoms with Gasteiger partial charge in [-0.1, -0.05) is 13.3 Å². The van der Waals surface area contributed by atoms with Gasteiger partial charge in [-0.2, -0.15) is 15.0 Å². The average molecular weight is 282 g/mol. The molecular formula is C12H22N6O2. The van der Waals surface area contributed by atoms with Gasteiger partial charge in [-0.15, -0.1) is 0 Å². The van der Waals surface area contributed by atoms with E-state index in [1.165, 1.54) is 0 Å². The van der Waals surface area contributed by atoms with Gasteiger partial charge in [0, 0.05) is 12.5 Å². The summed E-state index contributed by atoms with van der Waals surface area (Å²) < 4.78 is 5.38. The number of nitrogens with one attached hydrogen (secondary N) is 2. The number of anilines is 2. The summed E-state index contributed by atoms with van der Waals surface area (Å²) in [6, 6.07) is 0.240. The Hall–Kier alpha value is -1.67. The van der Waals surface area contributed by atoms with Crippen LogP contribution in [0.25, 0.3) is 0 Å². The van der Waals surface area contributed by atoms with Gasteiger partial charge < -0.3 is 15.2 Å². The Morgan fingerprint density at radius 1 is 1.30 bits per heavy atom. The maximum absolute atomic E-state index is 9.79. The van der Waals surface area contributed by atoms with E-state index in [1.54, 1.807) is 0 Å². The smallest absolute Gasteiger partial charge is 0.323 e. The summed E-state index contributed by atoms with van der Waals surface area (Å²) in [5.74, 6) is 6.22. The van der Waals surface area contributed by atoms with Crippen molar-refractivity contribution >= 4 is 11.9 Å². The molecule has 2 unspecified atom stereocenters. The molecule has 1 aromatic heterocycles. The highest BCUT2D eigenvalue weighted by atomic mass is 16.5. The molecule has 0 aromatic carbocycles. The summed E-state index contributed by atoms with van der Waals surface area (Å²) in [7, 11) is 0. The molecule has 0 bridgehead atoms. The molecule has 0 saturated heterocycles. The molecule has 8 heteroatoms. The lowest BCUT2D eigenvalue weighted by atomic mass is 10.1. The van der Waals surface area contributed by atoms with Crippen LogP contribution in [-0.2, 0) is 0 Å². The van der Waals surface area contributed by atoms with Gasteiger partial charge in [0.25, 0.3) is 0 Å². The van der Waals surface area contributed by atoms with Crippen molar-refractivity contribution in [3.8, 4) is 6.01 Å². The van der Waals surface area contributed by atoms with Crippen LogP contribution < -0.4 is 21.3 Å². The fraction of sp³-hybridized carbons (Fsp3) is 0.750. The van der Waals surface area contributed by atoms with Crippen molar-refractivity contribution in [2.24, 2.45) is 11.8 Å². The fourth-order valence-corrected chi connectivity index (χ4v) is 2.24. The molecule has 1 saturated carbocycles. The first-order valence-corrected chi connectivity index (χ1v) is 7.00. The van der Waals surface area contributed by atoms with Crippen molar-refractivity contribution in [1.29, 1.82) is 0 Å². The van der Waals surface area contributed by atoms with Crippen LogP contribution >= 0.6 is 0 Å². The van der Waals surface area contributed by atoms with Gasteiger partial charge in [0.2, 0.25) is 11.9 Å². The highest BCUT2D eigenvalue weighted by molar-refractivity contribution is 5.35. The standard InChI is InChI=1S/C12H22N6O2/c1-2-6-20-12-16-10(15-11(17-12)18-13)14-7-8-4-3-5-9(8)19/h8-9,19H,2-7,13H2,1H3,(H2,14,15,16,17,18). The zero-order chi connectivity index (χ0) is 14.4. The molecule has 1 aromatic rings. The van der Waals surface area contributed by atoms with E-state index in [0.29, 0.717) is 19.1 Å². The van der Waals surface area contributed by atoms with Crippen molar-refractivity contribution in [1.82, 2.24) is 15.0 Å². The molecule has 20 heavy (non-hydrogen) atoms. The summed E-state index contributed by atoms with van der Waals surface area (Å²) in [5.41, 5.74) is 2.39. The topological polar surface area (TPSA) is 118 Å². The number of hydrogen-bond acceptors (Lipinski definition) is 8. The Morgan fingerprint density at radius 3 is 2.75 bits per heavy atom. The predicted molar refractivity (Wildman–Crippen MR) is 75.3 cm³/mol. The van der Waals surface area contributed by atoms with E-state index >= 15 is 0 Å². The van der Waals surface area contributed by atoms with Crippen LogP contribution in [0.1, 0.15) is 32.6 Å². The average Bonchev–Trinajstić information content (AvgIpc) is 2.88. The lowest BCUT2D eigenvalue weighted by molar-refractivity contribution is 0.138. The summed E-state index contributed by atoms with van der Waals surface area (Å²) in [5, 5.41) is 12.9. The fourth-order valence-electron chi connectivity index (χ4n) is 2.24. The second kappa shape index (κ2) is 7.20. The molecule has 1 fully saturated rings. The monoisotopic (exact) mass is 282 g/mol. The lowest BCUT2D eigenvalue weighted by Crippen LogP contribution is -2.23. The minimum atomic E-state index is -0.243. The number of rotatable bonds is 7. The third-order valence-electron chi connectivity index (χ3n) is 3.32. The van der Waals surface area contributed by atoms with E-state index in [2.05, 4.69) is 25.7 Å². The van der Waals surface area contributed by atoms with Crippen molar-refractivity contribution in [2.45, 2.75) is 38.7 Å². The number of nitrogens with two attached hydrogens (primary N) is 1. The summed E-state index contributed by atoms with van der Waals surface area (Å²) in [6.45, 7) is 3.17. The van der Waals surface area contributed by atoms with Gasteiger partial charge in [-0.3, -0.25) is 5.43 Å². The predicted octanol–water partition coefficient (Wildman–Crippen LogP) is 0.519. The van der Waals surface area contributed by atoms with Crippen LogP contribution in [-0.4, -0.2) is 39.3 Å². The normalized spacial score (nSPS) is 21.8. The van der Waals surface area contributed by atoms with Gasteiger partial charge in [-0.05, 0) is 19.3 Å². The number of nitrogens with zero attached hydrogens (tertiary/aromatic N) is 3. The molecule has 0 aliphatic heterocycles. The van der Waals surface area contributed by atoms with E-state index in [0.717, 1.165) is 25.7 Å². The number of aliphatic hydroxyl groups excluding tert-OH is 1. The number of aliphatic hydroxyl groups is 1. The molecule has 2 atom stereocenters.